The lowest BCUT2D eigenvalue weighted by molar-refractivity contribution is 0.568. The van der Waals surface area contributed by atoms with Crippen molar-refractivity contribution >= 4 is 79.0 Å². The zero-order valence-corrected chi connectivity index (χ0v) is 57.5. The number of hydrogen-bond donors (Lipinski definition) is 0. The van der Waals surface area contributed by atoms with Crippen molar-refractivity contribution in [2.75, 3.05) is 9.80 Å². The first-order chi connectivity index (χ1) is 53.0. The number of fused-ring (bicyclic) bond motifs is 7. The summed E-state index contributed by atoms with van der Waals surface area (Å²) in [6.07, 6.45) is 0. The van der Waals surface area contributed by atoms with Crippen molar-refractivity contribution < 1.29 is 19.2 Å². The molecule has 1 aromatic heterocycles. The molecule has 16 rings (SSSR count). The summed E-state index contributed by atoms with van der Waals surface area (Å²) in [7, 11) is 0. The van der Waals surface area contributed by atoms with Gasteiger partial charge >= 0.3 is 0 Å². The first kappa shape index (κ1) is 48.1. The Balaban J connectivity index is 1.18. The SMILES string of the molecule is [2H]c1c([2H])c(-c2ccccc2)c(N2c3ccc(-c4cc(C(C)(C)C)cc(C(C)(C)C)c4)cc3B3c4ccc(-n5c6c([2H])c([2H])c([2H])c([2H])c6c6c([2H])c([2H])c([2H])c([2H])c65)cc4N(c4c(-c5ccccc5)c([2H])c([2H])c([2H])c4-c4ccccc4)c4cc(-c5ccc(C(C)(C)C)cc5C(C)(C)C)cc2c43)c(-c2ccccc2)c1[2H]. The predicted molar refractivity (Wildman–Crippen MR) is 422 cm³/mol. The number of hydrogen-bond acceptors (Lipinski definition) is 2. The number of rotatable bonds is 9. The van der Waals surface area contributed by atoms with Crippen LogP contribution in [0.4, 0.5) is 34.1 Å². The fourth-order valence-electron chi connectivity index (χ4n) is 14.7. The number of para-hydroxylation sites is 4. The minimum Gasteiger partial charge on any atom is -0.310 e. The number of nitrogens with zero attached hydrogens (tertiary/aromatic N) is 3. The molecule has 0 saturated heterocycles. The van der Waals surface area contributed by atoms with Gasteiger partial charge in [0, 0.05) is 61.5 Å². The van der Waals surface area contributed by atoms with Gasteiger partial charge in [-0.2, -0.15) is 0 Å². The maximum atomic E-state index is 10.5. The van der Waals surface area contributed by atoms with Crippen LogP contribution in [-0.4, -0.2) is 11.3 Å². The van der Waals surface area contributed by atoms with E-state index in [1.54, 1.807) is 0 Å². The number of anilines is 6. The summed E-state index contributed by atoms with van der Waals surface area (Å²) in [6.45, 7) is 25.7. The topological polar surface area (TPSA) is 11.4 Å². The lowest BCUT2D eigenvalue weighted by Crippen LogP contribution is -2.61. The van der Waals surface area contributed by atoms with Gasteiger partial charge in [-0.1, -0.05) is 332 Å². The van der Waals surface area contributed by atoms with Gasteiger partial charge in [-0.05, 0) is 147 Å². The summed E-state index contributed by atoms with van der Waals surface area (Å²) < 4.78 is 139. The molecule has 0 atom stereocenters. The monoisotopic (exact) mass is 1280 g/mol. The second kappa shape index (κ2) is 23.6. The molecule has 4 heteroatoms. The van der Waals surface area contributed by atoms with Gasteiger partial charge in [-0.3, -0.25) is 0 Å². The summed E-state index contributed by atoms with van der Waals surface area (Å²) in [4.78, 5) is 4.32. The molecule has 3 heterocycles. The Morgan fingerprint density at radius 1 is 0.296 bits per heavy atom. The Bertz CT molecular complexity index is 6050. The van der Waals surface area contributed by atoms with Crippen LogP contribution in [0.15, 0.2) is 291 Å². The van der Waals surface area contributed by atoms with E-state index < -0.39 is 60.5 Å². The Kier molecular flexibility index (Phi) is 11.6. The predicted octanol–water partition coefficient (Wildman–Crippen LogP) is 24.1. The average molecular weight is 1280 g/mol. The molecule has 2 aliphatic heterocycles. The highest BCUT2D eigenvalue weighted by molar-refractivity contribution is 7.00. The first-order valence-corrected chi connectivity index (χ1v) is 33.9. The molecule has 3 nitrogen and oxygen atoms in total. The van der Waals surface area contributed by atoms with Crippen LogP contribution < -0.4 is 26.2 Å². The van der Waals surface area contributed by atoms with Crippen LogP contribution in [-0.2, 0) is 21.7 Å². The smallest absolute Gasteiger partial charge is 0.252 e. The second-order valence-electron chi connectivity index (χ2n) is 30.3. The van der Waals surface area contributed by atoms with Crippen molar-refractivity contribution in [3.63, 3.8) is 0 Å². The van der Waals surface area contributed by atoms with Crippen LogP contribution in [0.3, 0.4) is 0 Å². The van der Waals surface area contributed by atoms with Crippen LogP contribution in [0.1, 0.15) is 125 Å². The molecule has 0 N–H and O–H groups in total. The van der Waals surface area contributed by atoms with Crippen molar-refractivity contribution in [3.05, 3.63) is 313 Å². The Hall–Kier alpha value is -10.7. The summed E-state index contributed by atoms with van der Waals surface area (Å²) in [6, 6.07) is 62.9. The zero-order chi connectivity index (χ0) is 79.8. The van der Waals surface area contributed by atoms with Crippen molar-refractivity contribution in [2.45, 2.75) is 105 Å². The highest BCUT2D eigenvalue weighted by Gasteiger charge is 2.46. The third kappa shape index (κ3) is 10.7. The minimum atomic E-state index is -0.792. The molecule has 0 aliphatic carbocycles. The fraction of sp³-hybridized carbons (Fsp3) is 0.170. The molecular formula is C94H84BN3. The second-order valence-corrected chi connectivity index (χ2v) is 30.3. The van der Waals surface area contributed by atoms with Crippen LogP contribution >= 0.6 is 0 Å². The highest BCUT2D eigenvalue weighted by Crippen LogP contribution is 2.55. The van der Waals surface area contributed by atoms with Gasteiger partial charge in [-0.25, -0.2) is 0 Å². The van der Waals surface area contributed by atoms with E-state index in [-0.39, 0.29) is 80.0 Å². The van der Waals surface area contributed by atoms with E-state index in [1.807, 2.05) is 140 Å². The van der Waals surface area contributed by atoms with Crippen LogP contribution in [0, 0.1) is 0 Å². The third-order valence-electron chi connectivity index (χ3n) is 19.7. The van der Waals surface area contributed by atoms with Crippen LogP contribution in [0.2, 0.25) is 0 Å². The molecule has 0 saturated carbocycles. The average Bonchev–Trinajstić information content (AvgIpc) is 1.60. The highest BCUT2D eigenvalue weighted by atomic mass is 15.2. The van der Waals surface area contributed by atoms with E-state index in [9.17, 15) is 16.4 Å². The summed E-state index contributed by atoms with van der Waals surface area (Å²) >= 11 is 0. The number of benzene rings is 13. The minimum absolute atomic E-state index is 0.0795. The molecule has 2 aliphatic rings. The molecular weight excluding hydrogens is 1180 g/mol. The standard InChI is InChI=1S/C94H84BN3/c1-91(2,3)68-48-50-72(79(59-68)94(10,11)12)67-56-86-88-87(57-67)98(90-75(63-35-21-15-22-36-63)43-30-44-76(90)64-37-23-16-24-38-64)85-60-71(96-82-45-27-25-39-77(82)78-40-26-28-46-83(78)96)49-51-80(85)95(88)81-55-65(66-53-69(92(4,5)6)58-70(54-66)93(7,8)9)47-52-84(81)97(86)89-73(61-31-17-13-18-32-61)41-29-42-74(89)62-33-19-14-20-34-62/h13-60H,1-12H3/i25D,26D,27D,28D,29D,30D,39D,40D,41D,42D,43D,44D,45D,46D. The molecule has 0 radical (unpaired) electrons. The Morgan fingerprint density at radius 3 is 1.19 bits per heavy atom. The van der Waals surface area contributed by atoms with Crippen molar-refractivity contribution in [1.29, 1.82) is 0 Å². The molecule has 0 fully saturated rings. The van der Waals surface area contributed by atoms with E-state index in [1.165, 1.54) is 4.57 Å². The largest absolute Gasteiger partial charge is 0.310 e. The van der Waals surface area contributed by atoms with E-state index in [2.05, 4.69) is 160 Å². The molecule has 0 spiro atoms. The Labute approximate surface area is 600 Å². The quantitative estimate of drug-likeness (QED) is 0.133. The number of aromatic nitrogens is 1. The van der Waals surface area contributed by atoms with Crippen molar-refractivity contribution in [1.82, 2.24) is 4.57 Å². The van der Waals surface area contributed by atoms with Crippen LogP contribution in [0.25, 0.3) is 94.3 Å². The first-order valence-electron chi connectivity index (χ1n) is 40.9. The molecule has 478 valence electrons. The Morgan fingerprint density at radius 2 is 0.745 bits per heavy atom. The van der Waals surface area contributed by atoms with E-state index in [4.69, 9.17) is 2.74 Å². The molecule has 0 amide bonds. The van der Waals surface area contributed by atoms with E-state index in [0.717, 1.165) is 55.4 Å². The maximum absolute atomic E-state index is 10.5. The summed E-state index contributed by atoms with van der Waals surface area (Å²) in [5, 5.41) is -0.186. The van der Waals surface area contributed by atoms with Gasteiger partial charge in [0.2, 0.25) is 0 Å². The molecule has 13 aromatic carbocycles. The maximum Gasteiger partial charge on any atom is 0.252 e. The third-order valence-corrected chi connectivity index (χ3v) is 19.7. The lowest BCUT2D eigenvalue weighted by atomic mass is 9.33. The lowest BCUT2D eigenvalue weighted by Gasteiger charge is -2.46. The molecule has 14 aromatic rings. The fourth-order valence-corrected chi connectivity index (χ4v) is 14.7. The summed E-state index contributed by atoms with van der Waals surface area (Å²) in [5.41, 5.74) is 15.8. The van der Waals surface area contributed by atoms with Gasteiger partial charge in [0.05, 0.1) is 41.6 Å². The van der Waals surface area contributed by atoms with Gasteiger partial charge in [0.25, 0.3) is 6.71 Å². The molecule has 0 unspecified atom stereocenters. The van der Waals surface area contributed by atoms with Gasteiger partial charge in [-0.15, -0.1) is 0 Å². The summed E-state index contributed by atoms with van der Waals surface area (Å²) in [5.74, 6) is 0. The van der Waals surface area contributed by atoms with Crippen molar-refractivity contribution in [3.8, 4) is 72.4 Å². The van der Waals surface area contributed by atoms with Gasteiger partial charge in [0.1, 0.15) is 0 Å². The molecule has 0 bridgehead atoms. The van der Waals surface area contributed by atoms with E-state index >= 15 is 0 Å². The van der Waals surface area contributed by atoms with Crippen molar-refractivity contribution in [2.24, 2.45) is 0 Å². The van der Waals surface area contributed by atoms with Crippen LogP contribution in [0.5, 0.6) is 0 Å². The van der Waals surface area contributed by atoms with Gasteiger partial charge in [0.15, 0.2) is 0 Å². The normalized spacial score (nSPS) is 15.0. The zero-order valence-electron chi connectivity index (χ0n) is 71.5. The van der Waals surface area contributed by atoms with E-state index in [0.29, 0.717) is 84.1 Å². The van der Waals surface area contributed by atoms with Gasteiger partial charge < -0.3 is 14.4 Å². The molecule has 98 heavy (non-hydrogen) atoms.